The Morgan fingerprint density at radius 1 is 1.36 bits per heavy atom. The molecule has 0 heterocycles. The van der Waals surface area contributed by atoms with Gasteiger partial charge in [0.2, 0.25) is 0 Å². The number of carbonyl (C=O) groups is 1. The maximum atomic E-state index is 11.0. The number of hydrogen-bond donors (Lipinski definition) is 0. The van der Waals surface area contributed by atoms with Crippen molar-refractivity contribution in [3.05, 3.63) is 0 Å². The summed E-state index contributed by atoms with van der Waals surface area (Å²) in [5, 5.41) is 0. The first-order valence-corrected chi connectivity index (χ1v) is 5.68. The van der Waals surface area contributed by atoms with Crippen LogP contribution < -0.4 is 0 Å². The molecule has 0 saturated heterocycles. The minimum Gasteiger partial charge on any atom is -0.462 e. The van der Waals surface area contributed by atoms with Crippen molar-refractivity contribution >= 4 is 5.97 Å². The predicted molar refractivity (Wildman–Crippen MR) is 56.9 cm³/mol. The smallest absolute Gasteiger partial charge is 0.302 e. The highest BCUT2D eigenvalue weighted by Gasteiger charge is 2.32. The lowest BCUT2D eigenvalue weighted by Crippen LogP contribution is -2.35. The van der Waals surface area contributed by atoms with Crippen LogP contribution in [0.5, 0.6) is 0 Å². The van der Waals surface area contributed by atoms with E-state index in [1.54, 1.807) is 0 Å². The molecule has 1 aliphatic rings. The van der Waals surface area contributed by atoms with Crippen LogP contribution >= 0.6 is 0 Å². The zero-order valence-corrected chi connectivity index (χ0v) is 9.75. The van der Waals surface area contributed by atoms with E-state index in [0.29, 0.717) is 17.8 Å². The van der Waals surface area contributed by atoms with E-state index in [1.807, 2.05) is 0 Å². The van der Waals surface area contributed by atoms with Crippen molar-refractivity contribution in [2.75, 3.05) is 0 Å². The van der Waals surface area contributed by atoms with Crippen molar-refractivity contribution in [2.45, 2.75) is 53.1 Å². The number of ether oxygens (including phenoxy) is 1. The second-order valence-corrected chi connectivity index (χ2v) is 4.97. The lowest BCUT2D eigenvalue weighted by Gasteiger charge is -2.36. The van der Waals surface area contributed by atoms with Crippen molar-refractivity contribution < 1.29 is 9.53 Å². The second-order valence-electron chi connectivity index (χ2n) is 4.97. The van der Waals surface area contributed by atoms with Crippen LogP contribution in [-0.4, -0.2) is 12.1 Å². The SMILES string of the molecule is CC(=O)O[C@H]1C[C@@H](C)CCC1C(C)C. The van der Waals surface area contributed by atoms with E-state index in [0.717, 1.165) is 6.42 Å². The molecule has 0 spiro atoms. The minimum atomic E-state index is -0.130. The quantitative estimate of drug-likeness (QED) is 0.637. The fourth-order valence-corrected chi connectivity index (χ4v) is 2.46. The van der Waals surface area contributed by atoms with Gasteiger partial charge in [-0.05, 0) is 30.6 Å². The molecule has 0 aromatic rings. The lowest BCUT2D eigenvalue weighted by atomic mass is 9.75. The molecule has 1 saturated carbocycles. The summed E-state index contributed by atoms with van der Waals surface area (Å²) in [6, 6.07) is 0. The van der Waals surface area contributed by atoms with Gasteiger partial charge < -0.3 is 4.74 Å². The molecule has 0 N–H and O–H groups in total. The summed E-state index contributed by atoms with van der Waals surface area (Å²) in [5.74, 6) is 1.76. The van der Waals surface area contributed by atoms with Crippen molar-refractivity contribution in [2.24, 2.45) is 17.8 Å². The van der Waals surface area contributed by atoms with Crippen molar-refractivity contribution in [3.8, 4) is 0 Å². The molecule has 2 nitrogen and oxygen atoms in total. The molecule has 0 aromatic heterocycles. The Morgan fingerprint density at radius 2 is 2.00 bits per heavy atom. The first-order chi connectivity index (χ1) is 6.50. The normalized spacial score (nSPS) is 33.1. The van der Waals surface area contributed by atoms with E-state index >= 15 is 0 Å². The molecule has 2 heteroatoms. The van der Waals surface area contributed by atoms with Gasteiger partial charge in [-0.3, -0.25) is 4.79 Å². The van der Waals surface area contributed by atoms with Gasteiger partial charge >= 0.3 is 5.97 Å². The fraction of sp³-hybridized carbons (Fsp3) is 0.917. The third kappa shape index (κ3) is 3.00. The molecule has 3 atom stereocenters. The summed E-state index contributed by atoms with van der Waals surface area (Å²) >= 11 is 0. The lowest BCUT2D eigenvalue weighted by molar-refractivity contribution is -0.153. The Balaban J connectivity index is 2.58. The molecule has 0 aromatic carbocycles. The van der Waals surface area contributed by atoms with Crippen LogP contribution in [-0.2, 0) is 9.53 Å². The predicted octanol–water partition coefficient (Wildman–Crippen LogP) is 3.01. The molecule has 0 amide bonds. The first kappa shape index (κ1) is 11.5. The number of esters is 1. The molecule has 14 heavy (non-hydrogen) atoms. The summed E-state index contributed by atoms with van der Waals surface area (Å²) < 4.78 is 5.40. The van der Waals surface area contributed by atoms with Crippen molar-refractivity contribution in [3.63, 3.8) is 0 Å². The highest BCUT2D eigenvalue weighted by Crippen LogP contribution is 2.35. The zero-order chi connectivity index (χ0) is 10.7. The van der Waals surface area contributed by atoms with E-state index in [9.17, 15) is 4.79 Å². The third-order valence-electron chi connectivity index (χ3n) is 3.28. The van der Waals surface area contributed by atoms with Crippen LogP contribution in [0.4, 0.5) is 0 Å². The molecular weight excluding hydrogens is 176 g/mol. The van der Waals surface area contributed by atoms with Gasteiger partial charge in [-0.1, -0.05) is 27.2 Å². The average molecular weight is 198 g/mol. The largest absolute Gasteiger partial charge is 0.462 e. The Morgan fingerprint density at radius 3 is 2.50 bits per heavy atom. The molecule has 1 rings (SSSR count). The zero-order valence-electron chi connectivity index (χ0n) is 9.75. The number of rotatable bonds is 2. The van der Waals surface area contributed by atoms with Gasteiger partial charge in [0.1, 0.15) is 6.10 Å². The molecule has 1 aliphatic carbocycles. The van der Waals surface area contributed by atoms with Crippen molar-refractivity contribution in [1.82, 2.24) is 0 Å². The average Bonchev–Trinajstić information content (AvgIpc) is 2.01. The van der Waals surface area contributed by atoms with Gasteiger partial charge in [-0.25, -0.2) is 0 Å². The number of hydrogen-bond acceptors (Lipinski definition) is 2. The number of carbonyl (C=O) groups excluding carboxylic acids is 1. The Labute approximate surface area is 87.0 Å². The Bertz CT molecular complexity index is 198. The summed E-state index contributed by atoms with van der Waals surface area (Å²) in [6.45, 7) is 8.19. The van der Waals surface area contributed by atoms with E-state index in [-0.39, 0.29) is 12.1 Å². The van der Waals surface area contributed by atoms with Gasteiger partial charge in [0.05, 0.1) is 0 Å². The maximum absolute atomic E-state index is 11.0. The van der Waals surface area contributed by atoms with Crippen LogP contribution in [0.3, 0.4) is 0 Å². The second kappa shape index (κ2) is 4.81. The summed E-state index contributed by atoms with van der Waals surface area (Å²) in [5.41, 5.74) is 0. The van der Waals surface area contributed by atoms with Gasteiger partial charge in [0.15, 0.2) is 0 Å². The van der Waals surface area contributed by atoms with Gasteiger partial charge in [0, 0.05) is 6.92 Å². The molecule has 1 unspecified atom stereocenters. The van der Waals surface area contributed by atoms with E-state index < -0.39 is 0 Å². The van der Waals surface area contributed by atoms with Crippen LogP contribution in [0.1, 0.15) is 47.0 Å². The van der Waals surface area contributed by atoms with Crippen molar-refractivity contribution in [1.29, 1.82) is 0 Å². The molecule has 0 aliphatic heterocycles. The van der Waals surface area contributed by atoms with E-state index in [2.05, 4.69) is 20.8 Å². The topological polar surface area (TPSA) is 26.3 Å². The molecule has 0 radical (unpaired) electrons. The van der Waals surface area contributed by atoms with Gasteiger partial charge in [0.25, 0.3) is 0 Å². The van der Waals surface area contributed by atoms with Gasteiger partial charge in [-0.15, -0.1) is 0 Å². The van der Waals surface area contributed by atoms with Crippen LogP contribution in [0.15, 0.2) is 0 Å². The first-order valence-electron chi connectivity index (χ1n) is 5.68. The highest BCUT2D eigenvalue weighted by atomic mass is 16.5. The standard InChI is InChI=1S/C12H22O2/c1-8(2)11-6-5-9(3)7-12(11)14-10(4)13/h8-9,11-12H,5-7H2,1-4H3/t9-,11?,12-/m0/s1. The summed E-state index contributed by atoms with van der Waals surface area (Å²) in [4.78, 5) is 11.0. The van der Waals surface area contributed by atoms with E-state index in [1.165, 1.54) is 19.8 Å². The third-order valence-corrected chi connectivity index (χ3v) is 3.28. The molecule has 82 valence electrons. The summed E-state index contributed by atoms with van der Waals surface area (Å²) in [7, 11) is 0. The van der Waals surface area contributed by atoms with Crippen LogP contribution in [0.25, 0.3) is 0 Å². The molecule has 1 fully saturated rings. The van der Waals surface area contributed by atoms with Crippen LogP contribution in [0, 0.1) is 17.8 Å². The van der Waals surface area contributed by atoms with E-state index in [4.69, 9.17) is 4.74 Å². The molecular formula is C12H22O2. The summed E-state index contributed by atoms with van der Waals surface area (Å²) in [6.07, 6.45) is 3.69. The maximum Gasteiger partial charge on any atom is 0.302 e. The van der Waals surface area contributed by atoms with Gasteiger partial charge in [-0.2, -0.15) is 0 Å². The molecule has 0 bridgehead atoms. The van der Waals surface area contributed by atoms with Crippen LogP contribution in [0.2, 0.25) is 0 Å². The highest BCUT2D eigenvalue weighted by molar-refractivity contribution is 5.66. The minimum absolute atomic E-state index is 0.130. The Hall–Kier alpha value is -0.530. The fourth-order valence-electron chi connectivity index (χ4n) is 2.46. The Kier molecular flexibility index (Phi) is 3.97. The monoisotopic (exact) mass is 198 g/mol.